The number of halogens is 3. The SMILES string of the molecule is C1CSCCCSCCCSCCCSC1.[Cl][Rh]([Cl])[Cl]. The molecular formula is C12H24Cl3RhS4. The van der Waals surface area contributed by atoms with Gasteiger partial charge in [0.05, 0.1) is 0 Å². The van der Waals surface area contributed by atoms with Crippen molar-refractivity contribution in [2.75, 3.05) is 46.0 Å². The third-order valence-corrected chi connectivity index (χ3v) is 6.93. The normalized spacial score (nSPS) is 21.4. The second kappa shape index (κ2) is 19.9. The maximum absolute atomic E-state index is 4.94. The Morgan fingerprint density at radius 3 is 0.750 bits per heavy atom. The van der Waals surface area contributed by atoms with Crippen LogP contribution >= 0.6 is 76.1 Å². The first-order valence-corrected chi connectivity index (χ1v) is 17.6. The Balaban J connectivity index is 0.000000796. The third-order valence-electron chi connectivity index (χ3n) is 2.31. The van der Waals surface area contributed by atoms with E-state index < -0.39 is 13.0 Å². The molecule has 1 heterocycles. The van der Waals surface area contributed by atoms with Gasteiger partial charge in [-0.05, 0) is 71.7 Å². The molecule has 0 saturated carbocycles. The monoisotopic (exact) mass is 504 g/mol. The van der Waals surface area contributed by atoms with Crippen LogP contribution in [0.1, 0.15) is 25.7 Å². The third kappa shape index (κ3) is 23.2. The minimum absolute atomic E-state index is 1.38. The predicted molar refractivity (Wildman–Crippen MR) is 105 cm³/mol. The van der Waals surface area contributed by atoms with Gasteiger partial charge < -0.3 is 0 Å². The van der Waals surface area contributed by atoms with Crippen LogP contribution in [0.25, 0.3) is 0 Å². The quantitative estimate of drug-likeness (QED) is 0.342. The molecular weight excluding hydrogens is 482 g/mol. The Labute approximate surface area is 159 Å². The van der Waals surface area contributed by atoms with E-state index in [2.05, 4.69) is 47.0 Å². The first kappa shape index (κ1) is 22.9. The van der Waals surface area contributed by atoms with E-state index in [0.29, 0.717) is 0 Å². The van der Waals surface area contributed by atoms with E-state index in [1.165, 1.54) is 71.7 Å². The van der Waals surface area contributed by atoms with E-state index in [9.17, 15) is 0 Å². The van der Waals surface area contributed by atoms with Gasteiger partial charge >= 0.3 is 42.1 Å². The predicted octanol–water partition coefficient (Wildman–Crippen LogP) is 6.56. The minimum atomic E-state index is -1.66. The van der Waals surface area contributed by atoms with Crippen molar-refractivity contribution in [1.29, 1.82) is 0 Å². The van der Waals surface area contributed by atoms with E-state index in [1.54, 1.807) is 0 Å². The van der Waals surface area contributed by atoms with Gasteiger partial charge in [-0.15, -0.1) is 0 Å². The summed E-state index contributed by atoms with van der Waals surface area (Å²) in [6, 6.07) is 0. The fourth-order valence-electron chi connectivity index (χ4n) is 1.46. The molecule has 1 aliphatic heterocycles. The summed E-state index contributed by atoms with van der Waals surface area (Å²) in [6.45, 7) is 0. The van der Waals surface area contributed by atoms with Crippen LogP contribution in [0.15, 0.2) is 0 Å². The Bertz CT molecular complexity index is 123. The van der Waals surface area contributed by atoms with Gasteiger partial charge in [0, 0.05) is 0 Å². The molecule has 126 valence electrons. The fraction of sp³-hybridized carbons (Fsp3) is 1.00. The van der Waals surface area contributed by atoms with Gasteiger partial charge in [-0.1, -0.05) is 0 Å². The Hall–Kier alpha value is 2.89. The molecule has 0 aliphatic carbocycles. The molecule has 1 aliphatic rings. The summed E-state index contributed by atoms with van der Waals surface area (Å²) in [5, 5.41) is 0. The Morgan fingerprint density at radius 2 is 0.600 bits per heavy atom. The first-order valence-electron chi connectivity index (χ1n) is 6.69. The molecule has 8 heteroatoms. The van der Waals surface area contributed by atoms with Gasteiger partial charge in [-0.25, -0.2) is 0 Å². The van der Waals surface area contributed by atoms with Crippen LogP contribution in [0, 0.1) is 0 Å². The molecule has 0 radical (unpaired) electrons. The topological polar surface area (TPSA) is 0 Å². The molecule has 0 N–H and O–H groups in total. The standard InChI is InChI=1S/C12H24S4.3ClH.Rh/c1-5-13-7-2-9-15-11-4-12-16-10-3-8-14-6-1;;;;/h1-12H2;3*1H;/q;;;;+3/p-3. The molecule has 1 fully saturated rings. The molecule has 20 heavy (non-hydrogen) atoms. The van der Waals surface area contributed by atoms with E-state index >= 15 is 0 Å². The molecule has 0 amide bonds. The van der Waals surface area contributed by atoms with E-state index in [1.807, 2.05) is 0 Å². The fourth-order valence-corrected chi connectivity index (χ4v) is 5.80. The summed E-state index contributed by atoms with van der Waals surface area (Å²) >= 11 is 6.97. The van der Waals surface area contributed by atoms with Crippen LogP contribution in [0.4, 0.5) is 0 Å². The zero-order chi connectivity index (χ0) is 14.9. The molecule has 0 aromatic carbocycles. The molecule has 0 aromatic heterocycles. The molecule has 1 saturated heterocycles. The summed E-state index contributed by atoms with van der Waals surface area (Å²) in [5.74, 6) is 11.1. The van der Waals surface area contributed by atoms with Crippen molar-refractivity contribution in [3.05, 3.63) is 0 Å². The molecule has 0 aromatic rings. The zero-order valence-corrected chi connectivity index (χ0v) is 18.8. The van der Waals surface area contributed by atoms with E-state index in [0.717, 1.165) is 0 Å². The molecule has 0 unspecified atom stereocenters. The van der Waals surface area contributed by atoms with Crippen LogP contribution in [-0.2, 0) is 13.0 Å². The van der Waals surface area contributed by atoms with E-state index in [4.69, 9.17) is 29.1 Å². The zero-order valence-electron chi connectivity index (χ0n) is 11.6. The van der Waals surface area contributed by atoms with Gasteiger partial charge in [0.2, 0.25) is 0 Å². The average molecular weight is 506 g/mol. The Kier molecular flexibility index (Phi) is 22.8. The number of hydrogen-bond donors (Lipinski definition) is 0. The second-order valence-electron chi connectivity index (χ2n) is 4.01. The van der Waals surface area contributed by atoms with Gasteiger partial charge in [0.25, 0.3) is 0 Å². The molecule has 0 spiro atoms. The number of hydrogen-bond acceptors (Lipinski definition) is 4. The van der Waals surface area contributed by atoms with Crippen LogP contribution in [0.3, 0.4) is 0 Å². The van der Waals surface area contributed by atoms with Crippen LogP contribution in [0.5, 0.6) is 0 Å². The van der Waals surface area contributed by atoms with Crippen molar-refractivity contribution in [2.24, 2.45) is 0 Å². The van der Waals surface area contributed by atoms with Gasteiger partial charge in [-0.3, -0.25) is 0 Å². The number of thioether (sulfide) groups is 4. The van der Waals surface area contributed by atoms with Crippen molar-refractivity contribution < 1.29 is 13.0 Å². The van der Waals surface area contributed by atoms with Crippen LogP contribution < -0.4 is 0 Å². The molecule has 0 nitrogen and oxygen atoms in total. The van der Waals surface area contributed by atoms with Crippen LogP contribution in [-0.4, -0.2) is 46.0 Å². The van der Waals surface area contributed by atoms with Crippen molar-refractivity contribution in [2.45, 2.75) is 25.7 Å². The number of rotatable bonds is 0. The maximum atomic E-state index is 4.94. The molecule has 0 bridgehead atoms. The summed E-state index contributed by atoms with van der Waals surface area (Å²) in [5.41, 5.74) is 0. The Morgan fingerprint density at radius 1 is 0.450 bits per heavy atom. The van der Waals surface area contributed by atoms with Crippen molar-refractivity contribution in [3.63, 3.8) is 0 Å². The summed E-state index contributed by atoms with van der Waals surface area (Å²) in [4.78, 5) is 0. The van der Waals surface area contributed by atoms with Crippen molar-refractivity contribution in [3.8, 4) is 0 Å². The summed E-state index contributed by atoms with van der Waals surface area (Å²) < 4.78 is 0. The van der Waals surface area contributed by atoms with Crippen molar-refractivity contribution >= 4 is 76.1 Å². The van der Waals surface area contributed by atoms with E-state index in [-0.39, 0.29) is 0 Å². The van der Waals surface area contributed by atoms with Gasteiger partial charge in [0.1, 0.15) is 0 Å². The van der Waals surface area contributed by atoms with Crippen LogP contribution in [0.2, 0.25) is 0 Å². The second-order valence-corrected chi connectivity index (χ2v) is 16.4. The summed E-state index contributed by atoms with van der Waals surface area (Å²) in [6.07, 6.45) is 5.65. The first-order chi connectivity index (χ1) is 9.73. The van der Waals surface area contributed by atoms with Gasteiger partial charge in [-0.2, -0.15) is 47.0 Å². The molecule has 1 rings (SSSR count). The molecule has 0 atom stereocenters. The van der Waals surface area contributed by atoms with Crippen molar-refractivity contribution in [1.82, 2.24) is 0 Å². The average Bonchev–Trinajstić information content (AvgIpc) is 2.38. The summed E-state index contributed by atoms with van der Waals surface area (Å²) in [7, 11) is 14.8. The van der Waals surface area contributed by atoms with Gasteiger partial charge in [0.15, 0.2) is 0 Å².